The van der Waals surface area contributed by atoms with Crippen molar-refractivity contribution in [3.63, 3.8) is 0 Å². The number of benzene rings is 1. The average Bonchev–Trinajstić information content (AvgIpc) is 2.35. The van der Waals surface area contributed by atoms with Crippen molar-refractivity contribution in [3.8, 4) is 6.07 Å². The van der Waals surface area contributed by atoms with Crippen LogP contribution in [0.3, 0.4) is 0 Å². The molecule has 0 heterocycles. The molecule has 0 aliphatic rings. The maximum absolute atomic E-state index is 8.81. The van der Waals surface area contributed by atoms with Gasteiger partial charge in [0, 0.05) is 19.3 Å². The average molecular weight is 233 g/mol. The van der Waals surface area contributed by atoms with E-state index in [0.29, 0.717) is 10.7 Å². The minimum atomic E-state index is 0.641. The zero-order valence-corrected chi connectivity index (χ0v) is 10.3. The third kappa shape index (κ3) is 3.21. The molecule has 0 atom stereocenters. The molecule has 1 aromatic rings. The summed E-state index contributed by atoms with van der Waals surface area (Å²) >= 11 is 5.24. The van der Waals surface area contributed by atoms with Gasteiger partial charge in [-0.2, -0.15) is 5.26 Å². The van der Waals surface area contributed by atoms with Gasteiger partial charge < -0.3 is 10.2 Å². The van der Waals surface area contributed by atoms with Gasteiger partial charge >= 0.3 is 0 Å². The molecule has 0 bridgehead atoms. The fraction of sp³-hybridized carbons (Fsp3) is 0.333. The molecule has 84 valence electrons. The number of nitrogens with zero attached hydrogens (tertiary/aromatic N) is 2. The fourth-order valence-electron chi connectivity index (χ4n) is 1.25. The van der Waals surface area contributed by atoms with Crippen LogP contribution in [0.1, 0.15) is 18.9 Å². The molecule has 1 aromatic carbocycles. The molecule has 4 heteroatoms. The van der Waals surface area contributed by atoms with Crippen molar-refractivity contribution >= 4 is 23.0 Å². The summed E-state index contributed by atoms with van der Waals surface area (Å²) in [4.78, 5) is 1.87. The van der Waals surface area contributed by atoms with E-state index in [1.807, 2.05) is 30.1 Å². The highest BCUT2D eigenvalue weighted by atomic mass is 32.1. The van der Waals surface area contributed by atoms with Gasteiger partial charge in [-0.25, -0.2) is 0 Å². The van der Waals surface area contributed by atoms with E-state index >= 15 is 0 Å². The summed E-state index contributed by atoms with van der Waals surface area (Å²) in [6.45, 7) is 2.95. The van der Waals surface area contributed by atoms with Gasteiger partial charge in [0.05, 0.1) is 11.6 Å². The fourth-order valence-corrected chi connectivity index (χ4v) is 1.46. The molecule has 0 aromatic heterocycles. The first kappa shape index (κ1) is 12.5. The first-order valence-corrected chi connectivity index (χ1v) is 5.61. The van der Waals surface area contributed by atoms with Gasteiger partial charge in [-0.3, -0.25) is 0 Å². The Morgan fingerprint density at radius 1 is 1.56 bits per heavy atom. The van der Waals surface area contributed by atoms with E-state index < -0.39 is 0 Å². The van der Waals surface area contributed by atoms with Crippen molar-refractivity contribution in [2.45, 2.75) is 13.3 Å². The van der Waals surface area contributed by atoms with Crippen LogP contribution in [0.5, 0.6) is 0 Å². The second-order valence-corrected chi connectivity index (χ2v) is 3.84. The molecule has 1 rings (SSSR count). The summed E-state index contributed by atoms with van der Waals surface area (Å²) in [7, 11) is 1.89. The lowest BCUT2D eigenvalue weighted by atomic mass is 10.2. The topological polar surface area (TPSA) is 39.1 Å². The maximum atomic E-state index is 8.81. The van der Waals surface area contributed by atoms with Gasteiger partial charge in [-0.1, -0.05) is 13.0 Å². The first-order valence-electron chi connectivity index (χ1n) is 5.20. The van der Waals surface area contributed by atoms with E-state index in [0.717, 1.165) is 18.7 Å². The number of hydrogen-bond acceptors (Lipinski definition) is 2. The molecule has 0 aliphatic heterocycles. The summed E-state index contributed by atoms with van der Waals surface area (Å²) < 4.78 is 0. The van der Waals surface area contributed by atoms with Gasteiger partial charge in [-0.05, 0) is 36.8 Å². The molecule has 0 aliphatic carbocycles. The van der Waals surface area contributed by atoms with Crippen molar-refractivity contribution in [1.29, 1.82) is 5.26 Å². The highest BCUT2D eigenvalue weighted by molar-refractivity contribution is 7.80. The maximum Gasteiger partial charge on any atom is 0.173 e. The lowest BCUT2D eigenvalue weighted by Crippen LogP contribution is -2.37. The Kier molecular flexibility index (Phi) is 4.74. The van der Waals surface area contributed by atoms with Gasteiger partial charge in [0.1, 0.15) is 0 Å². The predicted molar refractivity (Wildman–Crippen MR) is 70.5 cm³/mol. The normalized spacial score (nSPS) is 9.31. The van der Waals surface area contributed by atoms with Crippen LogP contribution in [0.15, 0.2) is 24.3 Å². The second-order valence-electron chi connectivity index (χ2n) is 3.45. The molecule has 0 radical (unpaired) electrons. The van der Waals surface area contributed by atoms with Gasteiger partial charge in [0.2, 0.25) is 0 Å². The van der Waals surface area contributed by atoms with Crippen LogP contribution >= 0.6 is 12.2 Å². The van der Waals surface area contributed by atoms with E-state index in [2.05, 4.69) is 18.3 Å². The van der Waals surface area contributed by atoms with Crippen molar-refractivity contribution < 1.29 is 0 Å². The molecule has 0 saturated carbocycles. The molecular formula is C12H15N3S. The minimum Gasteiger partial charge on any atom is -0.362 e. The molecule has 0 unspecified atom stereocenters. The molecule has 1 N–H and O–H groups in total. The van der Waals surface area contributed by atoms with E-state index in [-0.39, 0.29) is 0 Å². The SMILES string of the molecule is CCCNC(=S)N(C)c1cccc(C#N)c1. The number of thiocarbonyl (C=S) groups is 1. The number of nitrogens with one attached hydrogen (secondary N) is 1. The van der Waals surface area contributed by atoms with Crippen LogP contribution < -0.4 is 10.2 Å². The van der Waals surface area contributed by atoms with Crippen LogP contribution in [0.4, 0.5) is 5.69 Å². The Morgan fingerprint density at radius 3 is 2.94 bits per heavy atom. The van der Waals surface area contributed by atoms with Gasteiger partial charge in [0.15, 0.2) is 5.11 Å². The molecular weight excluding hydrogens is 218 g/mol. The smallest absolute Gasteiger partial charge is 0.173 e. The van der Waals surface area contributed by atoms with Crippen molar-refractivity contribution in [1.82, 2.24) is 5.32 Å². The third-order valence-corrected chi connectivity index (χ3v) is 2.61. The number of rotatable bonds is 3. The summed E-state index contributed by atoms with van der Waals surface area (Å²) in [5.41, 5.74) is 1.57. The van der Waals surface area contributed by atoms with Crippen LogP contribution in [0.2, 0.25) is 0 Å². The van der Waals surface area contributed by atoms with Crippen molar-refractivity contribution in [2.75, 3.05) is 18.5 Å². The van der Waals surface area contributed by atoms with E-state index in [9.17, 15) is 0 Å². The molecule has 0 fully saturated rings. The Morgan fingerprint density at radius 2 is 2.31 bits per heavy atom. The molecule has 0 saturated heterocycles. The number of hydrogen-bond donors (Lipinski definition) is 1. The Hall–Kier alpha value is -1.60. The highest BCUT2D eigenvalue weighted by Crippen LogP contribution is 2.14. The molecule has 16 heavy (non-hydrogen) atoms. The van der Waals surface area contributed by atoms with E-state index in [1.165, 1.54) is 0 Å². The summed E-state index contributed by atoms with van der Waals surface area (Å²) in [6.07, 6.45) is 1.03. The van der Waals surface area contributed by atoms with Crippen LogP contribution in [0.25, 0.3) is 0 Å². The van der Waals surface area contributed by atoms with Gasteiger partial charge in [0.25, 0.3) is 0 Å². The molecule has 0 spiro atoms. The summed E-state index contributed by atoms with van der Waals surface area (Å²) in [5.74, 6) is 0. The second kappa shape index (κ2) is 6.09. The van der Waals surface area contributed by atoms with Crippen molar-refractivity contribution in [2.24, 2.45) is 0 Å². The lowest BCUT2D eigenvalue weighted by molar-refractivity contribution is 0.837. The largest absolute Gasteiger partial charge is 0.362 e. The standard InChI is InChI=1S/C12H15N3S/c1-3-7-14-12(16)15(2)11-6-4-5-10(8-11)9-13/h4-6,8H,3,7H2,1-2H3,(H,14,16). The number of nitriles is 1. The third-order valence-electron chi connectivity index (χ3n) is 2.19. The first-order chi connectivity index (χ1) is 7.69. The van der Waals surface area contributed by atoms with E-state index in [1.54, 1.807) is 6.07 Å². The monoisotopic (exact) mass is 233 g/mol. The van der Waals surface area contributed by atoms with Crippen LogP contribution in [-0.2, 0) is 0 Å². The Bertz CT molecular complexity index is 409. The summed E-state index contributed by atoms with van der Waals surface area (Å²) in [5, 5.41) is 12.6. The van der Waals surface area contributed by atoms with Crippen LogP contribution in [0, 0.1) is 11.3 Å². The predicted octanol–water partition coefficient (Wildman–Crippen LogP) is 2.28. The zero-order chi connectivity index (χ0) is 12.0. The Balaban J connectivity index is 2.76. The lowest BCUT2D eigenvalue weighted by Gasteiger charge is -2.21. The molecule has 3 nitrogen and oxygen atoms in total. The zero-order valence-electron chi connectivity index (χ0n) is 9.53. The van der Waals surface area contributed by atoms with Gasteiger partial charge in [-0.15, -0.1) is 0 Å². The summed E-state index contributed by atoms with van der Waals surface area (Å²) in [6, 6.07) is 9.50. The van der Waals surface area contributed by atoms with Crippen LogP contribution in [-0.4, -0.2) is 18.7 Å². The Labute approximate surface area is 102 Å². The quantitative estimate of drug-likeness (QED) is 0.813. The highest BCUT2D eigenvalue weighted by Gasteiger charge is 2.06. The minimum absolute atomic E-state index is 0.641. The molecule has 0 amide bonds. The van der Waals surface area contributed by atoms with Crippen molar-refractivity contribution in [3.05, 3.63) is 29.8 Å². The number of anilines is 1. The van der Waals surface area contributed by atoms with E-state index in [4.69, 9.17) is 17.5 Å².